The molecule has 552 valence electrons. The Hall–Kier alpha value is -7.62. The first-order chi connectivity index (χ1) is 47.5. The van der Waals surface area contributed by atoms with Crippen LogP contribution < -0.4 is 71.2 Å². The van der Waals surface area contributed by atoms with Crippen LogP contribution in [0.4, 0.5) is 50.4 Å². The average Bonchev–Trinajstić information content (AvgIpc) is 0.808. The fourth-order valence-electron chi connectivity index (χ4n) is 10.1. The number of nitrogens with zero attached hydrogens (tertiary/aromatic N) is 4. The van der Waals surface area contributed by atoms with Gasteiger partial charge < -0.3 is 81.3 Å². The molecule has 0 amide bonds. The van der Waals surface area contributed by atoms with Gasteiger partial charge in [0.2, 0.25) is 0 Å². The molecule has 102 heavy (non-hydrogen) atoms. The molecule has 6 aromatic carbocycles. The minimum atomic E-state index is -10.7. The van der Waals surface area contributed by atoms with E-state index < -0.39 is 15.6 Å². The van der Waals surface area contributed by atoms with Gasteiger partial charge in [-0.25, -0.2) is 18.3 Å². The maximum atomic E-state index is 9.87. The van der Waals surface area contributed by atoms with Crippen molar-refractivity contribution < 1.29 is 150 Å². The van der Waals surface area contributed by atoms with Gasteiger partial charge in [-0.2, -0.15) is 0 Å². The summed E-state index contributed by atoms with van der Waals surface area (Å²) >= 11 is 0. The Morgan fingerprint density at radius 1 is 0.216 bits per heavy atom. The molecule has 24 aliphatic heterocycles. The molecular weight excluding hydrogens is 1530 g/mol. The molecule has 20 bridgehead atoms. The van der Waals surface area contributed by atoms with Crippen molar-refractivity contribution in [2.75, 3.05) is 106 Å². The summed E-state index contributed by atoms with van der Waals surface area (Å²) in [6.07, 6.45) is 17.4. The molecule has 0 fully saturated rings. The molecule has 0 saturated heterocycles. The predicted molar refractivity (Wildman–Crippen MR) is 356 cm³/mol. The van der Waals surface area contributed by atoms with E-state index >= 15 is 0 Å². The Morgan fingerprint density at radius 2 is 0.373 bits per heavy atom. The van der Waals surface area contributed by atoms with Crippen LogP contribution in [0.1, 0.15) is 22.3 Å². The minimum Gasteiger partial charge on any atom is -1.00 e. The molecule has 4 aromatic heterocycles. The van der Waals surface area contributed by atoms with Crippen LogP contribution in [-0.2, 0) is 54.6 Å². The third kappa shape index (κ3) is 33.2. The maximum Gasteiger partial charge on any atom is 0.173 e. The van der Waals surface area contributed by atoms with E-state index in [2.05, 4.69) is 165 Å². The minimum absolute atomic E-state index is 0. The maximum absolute atomic E-state index is 10.7. The number of hydrogen-bond acceptors (Lipinski definition) is 10. The fourth-order valence-corrected chi connectivity index (χ4v) is 10.1. The third-order valence-corrected chi connectivity index (χ3v) is 14.8. The molecule has 0 N–H and O–H groups in total. The molecule has 10 aromatic rings. The number of benzene rings is 6. The number of hydrogen-bond donors (Lipinski definition) is 0. The summed E-state index contributed by atoms with van der Waals surface area (Å²) < 4.78 is 184. The Morgan fingerprint density at radius 3 is 0.539 bits per heavy atom. The number of ether oxygens (including phenoxy) is 10. The van der Waals surface area contributed by atoms with Gasteiger partial charge in [-0.05, 0) is 92.3 Å². The Bertz CT molecular complexity index is 3680. The summed E-state index contributed by atoms with van der Waals surface area (Å²) in [5.41, 5.74) is 10.1. The molecule has 0 radical (unpaired) electrons. The smallest absolute Gasteiger partial charge is 0.173 e. The van der Waals surface area contributed by atoms with Gasteiger partial charge in [-0.3, -0.25) is 0 Å². The summed E-state index contributed by atoms with van der Waals surface area (Å²) in [7, 11) is -21.3. The van der Waals surface area contributed by atoms with Gasteiger partial charge in [0.05, 0.1) is 79.3 Å². The van der Waals surface area contributed by atoms with Crippen molar-refractivity contribution in [2.24, 2.45) is 0 Å². The van der Waals surface area contributed by atoms with Crippen molar-refractivity contribution in [3.63, 3.8) is 0 Å². The van der Waals surface area contributed by atoms with Crippen LogP contribution in [-0.4, -0.2) is 106 Å². The van der Waals surface area contributed by atoms with E-state index in [0.29, 0.717) is 106 Å². The zero-order chi connectivity index (χ0) is 71.0. The predicted octanol–water partition coefficient (Wildman–Crippen LogP) is 10.8. The quantitative estimate of drug-likeness (QED) is 0.0827. The summed E-state index contributed by atoms with van der Waals surface area (Å²) in [5, 5.41) is 4.31. The van der Waals surface area contributed by atoms with Gasteiger partial charge in [0.15, 0.2) is 75.8 Å². The van der Waals surface area contributed by atoms with Crippen LogP contribution in [0.3, 0.4) is 0 Å². The van der Waals surface area contributed by atoms with Gasteiger partial charge in [-0.1, -0.05) is 72.8 Å². The second-order valence-corrected chi connectivity index (χ2v) is 26.8. The van der Waals surface area contributed by atoms with E-state index in [1.807, 2.05) is 72.8 Å². The second kappa shape index (κ2) is 36.2. The zero-order valence-corrected chi connectivity index (χ0v) is 59.9. The summed E-state index contributed by atoms with van der Waals surface area (Å²) in [6.45, 7) is 11.2. The first-order valence-corrected chi connectivity index (χ1v) is 35.8. The van der Waals surface area contributed by atoms with E-state index in [9.17, 15) is 50.4 Å². The Labute approximate surface area is 602 Å². The summed E-state index contributed by atoms with van der Waals surface area (Å²) in [6, 6.07) is 59.5. The molecule has 34 rings (SSSR count). The summed E-state index contributed by atoms with van der Waals surface area (Å²) in [4.78, 5) is 0. The number of halogens is 14. The van der Waals surface area contributed by atoms with Gasteiger partial charge in [0.25, 0.3) is 0 Å². The van der Waals surface area contributed by atoms with Crippen molar-refractivity contribution >= 4 is 37.2 Å². The van der Waals surface area contributed by atoms with Gasteiger partial charge in [-0.15, -0.1) is 0 Å². The van der Waals surface area contributed by atoms with Crippen LogP contribution in [0.5, 0.6) is 23.0 Å². The number of pyridine rings is 4. The van der Waals surface area contributed by atoms with Crippen LogP contribution in [0, 0.1) is 0 Å². The molecule has 0 spiro atoms. The van der Waals surface area contributed by atoms with Crippen molar-refractivity contribution in [1.29, 1.82) is 0 Å². The van der Waals surface area contributed by atoms with Crippen molar-refractivity contribution in [1.82, 2.24) is 0 Å². The molecule has 30 heteroatoms. The standard InChI is InChI=1S/C36H32N4.C36H44O10.2BrH.2F6P/c1-2-30-4-3-29(1)25-37-17-9-33(10-18-37)35-13-21-39(22-14-35)27-31-5-7-32(8-6-31)28-40-23-15-36(16-24-40)34-11-19-38(26-30)20-12-34;1-5-33-26-30-2-6-34(25-29(1)30)44-22-18-40-14-10-38-12-16-42-20-24-46-36-8-4-31-27-35(7-3-32(31)28-36)45-23-19-41-15-11-37-9-13-39-17-21-43-33;;;2*1-7(2,3,4,5)6/h1-24H,25-28H2;1-8,25-28H,9-24H2;2*1H;;/q+4;;;;2*-1/p-2. The van der Waals surface area contributed by atoms with Gasteiger partial charge in [0, 0.05) is 70.8 Å². The number of aromatic nitrogens is 4. The zero-order valence-electron chi connectivity index (χ0n) is 55.0. The molecule has 0 aliphatic carbocycles. The monoisotopic (exact) mass is 1600 g/mol. The molecule has 0 saturated carbocycles. The summed E-state index contributed by atoms with van der Waals surface area (Å²) in [5.74, 6) is 3.19. The second-order valence-electron chi connectivity index (χ2n) is 23.0. The molecule has 0 unspecified atom stereocenters. The Balaban J connectivity index is 0.000000238. The third-order valence-electron chi connectivity index (χ3n) is 14.8. The van der Waals surface area contributed by atoms with E-state index in [4.69, 9.17) is 47.4 Å². The van der Waals surface area contributed by atoms with Gasteiger partial charge >= 0.3 is 66.0 Å². The van der Waals surface area contributed by atoms with E-state index in [1.54, 1.807) is 0 Å². The first kappa shape index (κ1) is 81.7. The van der Waals surface area contributed by atoms with Gasteiger partial charge in [0.1, 0.15) is 49.4 Å². The van der Waals surface area contributed by atoms with Crippen molar-refractivity contribution in [2.45, 2.75) is 26.2 Å². The SMILES string of the molecule is F[P-](F)(F)(F)(F)F.F[P-](F)(F)(F)(F)F.[Br-].[Br-].c1cc2cc3ccc2cc1OCCOCCOCCOCCOc1ccc2cc(ccc2c1)OCCOCCOCCOCCO3.c1cc2ccc1C[n+]1ccc(cc1)-c1cc[n+](cc1)Cc1ccc(cc1)C[n+]1ccc(cc1)-c1cc[n+](cc1)C2. The van der Waals surface area contributed by atoms with Crippen LogP contribution in [0.2, 0.25) is 0 Å². The van der Waals surface area contributed by atoms with E-state index in [0.717, 1.165) is 70.7 Å². The van der Waals surface area contributed by atoms with Crippen LogP contribution in [0.15, 0.2) is 219 Å². The number of rotatable bonds is 0. The van der Waals surface area contributed by atoms with E-state index in [-0.39, 0.29) is 34.0 Å². The molecular formula is C72H76Br2F12N4O10P2. The van der Waals surface area contributed by atoms with Crippen LogP contribution in [0.25, 0.3) is 43.8 Å². The molecule has 24 aliphatic rings. The molecule has 28 heterocycles. The largest absolute Gasteiger partial charge is 1.00 e. The average molecular weight is 1610 g/mol. The van der Waals surface area contributed by atoms with Crippen LogP contribution >= 0.6 is 15.6 Å². The van der Waals surface area contributed by atoms with E-state index in [1.165, 1.54) is 44.5 Å². The Kier molecular flexibility index (Phi) is 29.0. The topological polar surface area (TPSA) is 108 Å². The fraction of sp³-hybridized carbons (Fsp3) is 0.278. The molecule has 14 nitrogen and oxygen atoms in total. The first-order valence-electron chi connectivity index (χ1n) is 31.8. The van der Waals surface area contributed by atoms with Crippen molar-refractivity contribution in [3.8, 4) is 45.3 Å². The molecule has 0 atom stereocenters. The normalized spacial score (nSPS) is 16.3. The van der Waals surface area contributed by atoms with Crippen molar-refractivity contribution in [3.05, 3.63) is 242 Å².